The molecule has 1 saturated heterocycles. The van der Waals surface area contributed by atoms with Crippen molar-refractivity contribution >= 4 is 11.5 Å². The van der Waals surface area contributed by atoms with Crippen molar-refractivity contribution in [3.8, 4) is 0 Å². The maximum absolute atomic E-state index is 12.7. The summed E-state index contributed by atoms with van der Waals surface area (Å²) >= 11 is 0. The molecule has 7 nitrogen and oxygen atoms in total. The summed E-state index contributed by atoms with van der Waals surface area (Å²) in [6.45, 7) is 0.770. The van der Waals surface area contributed by atoms with Gasteiger partial charge in [0.05, 0.1) is 6.61 Å². The predicted molar refractivity (Wildman–Crippen MR) is 64.7 cm³/mol. The zero-order valence-electron chi connectivity index (χ0n) is 10.8. The molecular weight excluding hydrogens is 291 g/mol. The lowest BCUT2D eigenvalue weighted by Crippen LogP contribution is -2.37. The third-order valence-corrected chi connectivity index (χ3v) is 3.20. The molecule has 2 aromatic rings. The second kappa shape index (κ2) is 4.81. The lowest BCUT2D eigenvalue weighted by molar-refractivity contribution is -0.146. The summed E-state index contributed by atoms with van der Waals surface area (Å²) in [5.74, 6) is -1.00. The quantitative estimate of drug-likeness (QED) is 0.868. The van der Waals surface area contributed by atoms with E-state index in [1.807, 2.05) is 0 Å². The van der Waals surface area contributed by atoms with Gasteiger partial charge in [0.15, 0.2) is 5.65 Å². The smallest absolute Gasteiger partial charge is 0.386 e. The lowest BCUT2D eigenvalue weighted by atomic mass is 10.0. The molecule has 0 bridgehead atoms. The predicted octanol–water partition coefficient (Wildman–Crippen LogP) is 0.706. The number of aliphatic hydroxyl groups is 1. The van der Waals surface area contributed by atoms with E-state index < -0.39 is 17.6 Å². The van der Waals surface area contributed by atoms with Gasteiger partial charge in [-0.05, 0) is 12.1 Å². The van der Waals surface area contributed by atoms with E-state index in [9.17, 15) is 18.3 Å². The molecule has 0 radical (unpaired) electrons. The second-order valence-corrected chi connectivity index (χ2v) is 4.89. The number of alkyl halides is 3. The van der Waals surface area contributed by atoms with E-state index in [0.29, 0.717) is 17.5 Å². The molecular formula is C11H12F3N5O2. The number of ether oxygens (including phenoxy) is 1. The monoisotopic (exact) mass is 303 g/mol. The highest BCUT2D eigenvalue weighted by Crippen LogP contribution is 2.27. The molecule has 0 aliphatic carbocycles. The topological polar surface area (TPSA) is 84.6 Å². The maximum atomic E-state index is 12.7. The largest absolute Gasteiger partial charge is 0.453 e. The number of fused-ring (bicyclic) bond motifs is 1. The van der Waals surface area contributed by atoms with Crippen molar-refractivity contribution in [3.05, 3.63) is 18.0 Å². The van der Waals surface area contributed by atoms with Crippen LogP contribution in [0.1, 0.15) is 12.2 Å². The van der Waals surface area contributed by atoms with Crippen LogP contribution in [0, 0.1) is 0 Å². The molecule has 1 unspecified atom stereocenters. The zero-order valence-corrected chi connectivity index (χ0v) is 10.8. The van der Waals surface area contributed by atoms with E-state index in [-0.39, 0.29) is 24.6 Å². The summed E-state index contributed by atoms with van der Waals surface area (Å²) < 4.78 is 43.9. The van der Waals surface area contributed by atoms with Crippen LogP contribution in [-0.2, 0) is 10.9 Å². The SMILES string of the molecule is OC1(CNc2ccc3nnc(C(F)(F)F)n3n2)CCOC1. The Hall–Kier alpha value is -1.94. The fourth-order valence-corrected chi connectivity index (χ4v) is 2.05. The van der Waals surface area contributed by atoms with Crippen LogP contribution in [0.3, 0.4) is 0 Å². The highest BCUT2D eigenvalue weighted by molar-refractivity contribution is 5.44. The van der Waals surface area contributed by atoms with Crippen molar-refractivity contribution in [1.29, 1.82) is 0 Å². The van der Waals surface area contributed by atoms with Gasteiger partial charge in [0, 0.05) is 19.6 Å². The number of hydrogen-bond donors (Lipinski definition) is 2. The normalized spacial score (nSPS) is 22.9. The van der Waals surface area contributed by atoms with Crippen molar-refractivity contribution in [2.75, 3.05) is 25.1 Å². The number of aromatic nitrogens is 4. The van der Waals surface area contributed by atoms with Crippen LogP contribution in [0.2, 0.25) is 0 Å². The number of rotatable bonds is 3. The summed E-state index contributed by atoms with van der Waals surface area (Å²) in [7, 11) is 0. The fraction of sp³-hybridized carbons (Fsp3) is 0.545. The van der Waals surface area contributed by atoms with Crippen LogP contribution in [0.15, 0.2) is 12.1 Å². The van der Waals surface area contributed by atoms with Gasteiger partial charge in [-0.3, -0.25) is 0 Å². The molecule has 3 rings (SSSR count). The number of halogens is 3. The summed E-state index contributed by atoms with van der Waals surface area (Å²) in [6, 6.07) is 2.84. The van der Waals surface area contributed by atoms with E-state index in [4.69, 9.17) is 4.74 Å². The minimum Gasteiger partial charge on any atom is -0.386 e. The molecule has 0 aromatic carbocycles. The zero-order chi connectivity index (χ0) is 15.1. The van der Waals surface area contributed by atoms with Gasteiger partial charge in [-0.25, -0.2) is 0 Å². The first-order chi connectivity index (χ1) is 9.87. The minimum atomic E-state index is -4.64. The van der Waals surface area contributed by atoms with Crippen molar-refractivity contribution in [1.82, 2.24) is 19.8 Å². The Morgan fingerprint density at radius 3 is 2.86 bits per heavy atom. The molecule has 10 heteroatoms. The number of nitrogens with zero attached hydrogens (tertiary/aromatic N) is 4. The number of hydrogen-bond acceptors (Lipinski definition) is 6. The van der Waals surface area contributed by atoms with Crippen LogP contribution in [0.25, 0.3) is 5.65 Å². The van der Waals surface area contributed by atoms with Crippen LogP contribution < -0.4 is 5.32 Å². The van der Waals surface area contributed by atoms with Gasteiger partial charge >= 0.3 is 6.18 Å². The van der Waals surface area contributed by atoms with Crippen LogP contribution >= 0.6 is 0 Å². The molecule has 0 spiro atoms. The molecule has 1 fully saturated rings. The first-order valence-corrected chi connectivity index (χ1v) is 6.21. The van der Waals surface area contributed by atoms with E-state index >= 15 is 0 Å². The fourth-order valence-electron chi connectivity index (χ4n) is 2.05. The van der Waals surface area contributed by atoms with E-state index in [1.54, 1.807) is 0 Å². The second-order valence-electron chi connectivity index (χ2n) is 4.89. The Labute approximate surface area is 116 Å². The number of anilines is 1. The van der Waals surface area contributed by atoms with Gasteiger partial charge in [0.2, 0.25) is 0 Å². The van der Waals surface area contributed by atoms with Crippen LogP contribution in [0.5, 0.6) is 0 Å². The highest BCUT2D eigenvalue weighted by Gasteiger charge is 2.38. The Kier molecular flexibility index (Phi) is 3.21. The van der Waals surface area contributed by atoms with Gasteiger partial charge in [0.25, 0.3) is 5.82 Å². The van der Waals surface area contributed by atoms with Gasteiger partial charge in [-0.15, -0.1) is 15.3 Å². The van der Waals surface area contributed by atoms with Gasteiger partial charge < -0.3 is 15.2 Å². The molecule has 0 saturated carbocycles. The first kappa shape index (κ1) is 14.0. The van der Waals surface area contributed by atoms with Crippen molar-refractivity contribution in [3.63, 3.8) is 0 Å². The lowest BCUT2D eigenvalue weighted by Gasteiger charge is -2.20. The maximum Gasteiger partial charge on any atom is 0.453 e. The third-order valence-electron chi connectivity index (χ3n) is 3.20. The van der Waals surface area contributed by atoms with Crippen molar-refractivity contribution < 1.29 is 23.0 Å². The molecule has 114 valence electrons. The molecule has 21 heavy (non-hydrogen) atoms. The summed E-state index contributed by atoms with van der Waals surface area (Å²) in [4.78, 5) is 0. The standard InChI is InChI=1S/C11H12F3N5O2/c12-11(13,14)9-17-16-8-2-1-7(18-19(8)9)15-5-10(20)3-4-21-6-10/h1-2,20H,3-6H2,(H,15,18). The molecule has 1 aliphatic rings. The average Bonchev–Trinajstić information content (AvgIpc) is 3.02. The average molecular weight is 303 g/mol. The summed E-state index contributed by atoms with van der Waals surface area (Å²) in [5.41, 5.74) is -1.03. The highest BCUT2D eigenvalue weighted by atomic mass is 19.4. The van der Waals surface area contributed by atoms with Gasteiger partial charge in [-0.2, -0.15) is 17.7 Å². The molecule has 1 atom stereocenters. The Morgan fingerprint density at radius 2 is 2.19 bits per heavy atom. The van der Waals surface area contributed by atoms with Crippen molar-refractivity contribution in [2.24, 2.45) is 0 Å². The van der Waals surface area contributed by atoms with E-state index in [0.717, 1.165) is 0 Å². The molecule has 0 amide bonds. The number of nitrogens with one attached hydrogen (secondary N) is 1. The molecule has 2 N–H and O–H groups in total. The minimum absolute atomic E-state index is 0.00390. The molecule has 2 aromatic heterocycles. The third kappa shape index (κ3) is 2.76. The van der Waals surface area contributed by atoms with Gasteiger partial charge in [0.1, 0.15) is 11.4 Å². The van der Waals surface area contributed by atoms with Crippen LogP contribution in [-0.4, -0.2) is 50.3 Å². The van der Waals surface area contributed by atoms with Crippen LogP contribution in [0.4, 0.5) is 19.0 Å². The summed E-state index contributed by atoms with van der Waals surface area (Å²) in [6.07, 6.45) is -4.18. The van der Waals surface area contributed by atoms with E-state index in [2.05, 4.69) is 20.6 Å². The van der Waals surface area contributed by atoms with E-state index in [1.165, 1.54) is 12.1 Å². The Balaban J connectivity index is 1.83. The summed E-state index contributed by atoms with van der Waals surface area (Å²) in [5, 5.41) is 23.2. The Bertz CT molecular complexity index is 651. The molecule has 3 heterocycles. The van der Waals surface area contributed by atoms with Crippen molar-refractivity contribution in [2.45, 2.75) is 18.2 Å². The molecule has 1 aliphatic heterocycles. The Morgan fingerprint density at radius 1 is 1.38 bits per heavy atom. The van der Waals surface area contributed by atoms with Gasteiger partial charge in [-0.1, -0.05) is 0 Å². The first-order valence-electron chi connectivity index (χ1n) is 6.21.